The Balaban J connectivity index is 1.84. The number of phenols is 1. The molecule has 1 aromatic carbocycles. The topological polar surface area (TPSA) is 53.0 Å². The summed E-state index contributed by atoms with van der Waals surface area (Å²) in [6.07, 6.45) is -0.289. The van der Waals surface area contributed by atoms with Crippen molar-refractivity contribution in [2.24, 2.45) is 0 Å². The summed E-state index contributed by atoms with van der Waals surface area (Å²) in [4.78, 5) is 15.8. The van der Waals surface area contributed by atoms with E-state index in [4.69, 9.17) is 4.74 Å². The first-order chi connectivity index (χ1) is 10.2. The molecule has 1 heterocycles. The first-order valence-electron chi connectivity index (χ1n) is 7.42. The number of carbonyl (C=O) groups is 1. The van der Waals surface area contributed by atoms with Crippen LogP contribution in [0.2, 0.25) is 0 Å². The van der Waals surface area contributed by atoms with Crippen molar-refractivity contribution >= 4 is 6.09 Å². The van der Waals surface area contributed by atoms with E-state index in [0.29, 0.717) is 32.7 Å². The van der Waals surface area contributed by atoms with Gasteiger partial charge in [-0.1, -0.05) is 6.07 Å². The minimum Gasteiger partial charge on any atom is -0.505 e. The van der Waals surface area contributed by atoms with Crippen molar-refractivity contribution in [1.29, 1.82) is 0 Å². The SMILES string of the molecule is CC(C)(C)OC(=O)N1CCN(Cc2ccc(O)c(F)c2)CC1. The van der Waals surface area contributed by atoms with E-state index in [-0.39, 0.29) is 11.8 Å². The molecule has 1 amide bonds. The standard InChI is InChI=1S/C16H23FN2O3/c1-16(2,3)22-15(21)19-8-6-18(7-9-19)11-12-4-5-14(20)13(17)10-12/h4-5,10,20H,6-9,11H2,1-3H3. The summed E-state index contributed by atoms with van der Waals surface area (Å²) in [6, 6.07) is 4.41. The highest BCUT2D eigenvalue weighted by Crippen LogP contribution is 2.18. The Labute approximate surface area is 130 Å². The van der Waals surface area contributed by atoms with Crippen LogP contribution < -0.4 is 0 Å². The zero-order valence-electron chi connectivity index (χ0n) is 13.3. The van der Waals surface area contributed by atoms with Gasteiger partial charge < -0.3 is 14.7 Å². The molecular weight excluding hydrogens is 287 g/mol. The molecule has 0 radical (unpaired) electrons. The number of piperazine rings is 1. The van der Waals surface area contributed by atoms with Crippen LogP contribution in [0.4, 0.5) is 9.18 Å². The van der Waals surface area contributed by atoms with Crippen molar-refractivity contribution < 1.29 is 19.0 Å². The molecule has 0 spiro atoms. The monoisotopic (exact) mass is 310 g/mol. The number of nitrogens with zero attached hydrogens (tertiary/aromatic N) is 2. The lowest BCUT2D eigenvalue weighted by molar-refractivity contribution is 0.0139. The van der Waals surface area contributed by atoms with Gasteiger partial charge in [0.05, 0.1) is 0 Å². The van der Waals surface area contributed by atoms with Crippen molar-refractivity contribution in [3.05, 3.63) is 29.6 Å². The van der Waals surface area contributed by atoms with Crippen molar-refractivity contribution in [2.75, 3.05) is 26.2 Å². The lowest BCUT2D eigenvalue weighted by Crippen LogP contribution is -2.49. The van der Waals surface area contributed by atoms with Crippen molar-refractivity contribution in [1.82, 2.24) is 9.80 Å². The Hall–Kier alpha value is -1.82. The quantitative estimate of drug-likeness (QED) is 0.912. The van der Waals surface area contributed by atoms with Gasteiger partial charge in [0, 0.05) is 32.7 Å². The average molecular weight is 310 g/mol. The number of rotatable bonds is 2. The number of aromatic hydroxyl groups is 1. The highest BCUT2D eigenvalue weighted by atomic mass is 19.1. The summed E-state index contributed by atoms with van der Waals surface area (Å²) in [5.74, 6) is -0.941. The average Bonchev–Trinajstić information content (AvgIpc) is 2.42. The molecule has 0 unspecified atom stereocenters. The molecule has 1 aliphatic rings. The first kappa shape index (κ1) is 16.5. The van der Waals surface area contributed by atoms with Crippen LogP contribution in [0.25, 0.3) is 0 Å². The summed E-state index contributed by atoms with van der Waals surface area (Å²) in [5.41, 5.74) is 0.318. The van der Waals surface area contributed by atoms with E-state index in [1.165, 1.54) is 12.1 Å². The molecule has 1 saturated heterocycles. The van der Waals surface area contributed by atoms with E-state index >= 15 is 0 Å². The molecule has 22 heavy (non-hydrogen) atoms. The minimum absolute atomic E-state index is 0.289. The van der Waals surface area contributed by atoms with Gasteiger partial charge in [0.25, 0.3) is 0 Å². The van der Waals surface area contributed by atoms with Crippen LogP contribution in [0, 0.1) is 5.82 Å². The van der Waals surface area contributed by atoms with Gasteiger partial charge in [-0.05, 0) is 38.5 Å². The first-order valence-corrected chi connectivity index (χ1v) is 7.42. The smallest absolute Gasteiger partial charge is 0.410 e. The normalized spacial score (nSPS) is 16.6. The molecule has 0 bridgehead atoms. The van der Waals surface area contributed by atoms with Crippen LogP contribution >= 0.6 is 0 Å². The molecule has 1 aliphatic heterocycles. The van der Waals surface area contributed by atoms with Gasteiger partial charge >= 0.3 is 6.09 Å². The number of amides is 1. The van der Waals surface area contributed by atoms with Gasteiger partial charge in [0.1, 0.15) is 5.60 Å². The fourth-order valence-corrected chi connectivity index (χ4v) is 2.32. The molecule has 6 heteroatoms. The summed E-state index contributed by atoms with van der Waals surface area (Å²) in [6.45, 7) is 8.75. The molecule has 122 valence electrons. The third-order valence-corrected chi connectivity index (χ3v) is 3.44. The maximum absolute atomic E-state index is 13.3. The van der Waals surface area contributed by atoms with Crippen LogP contribution in [0.3, 0.4) is 0 Å². The zero-order valence-corrected chi connectivity index (χ0v) is 13.3. The van der Waals surface area contributed by atoms with E-state index in [2.05, 4.69) is 4.90 Å². The van der Waals surface area contributed by atoms with Gasteiger partial charge in [-0.15, -0.1) is 0 Å². The second-order valence-corrected chi connectivity index (χ2v) is 6.53. The molecule has 0 aliphatic carbocycles. The third kappa shape index (κ3) is 4.59. The zero-order chi connectivity index (χ0) is 16.3. The molecule has 2 rings (SSSR count). The Morgan fingerprint density at radius 1 is 1.27 bits per heavy atom. The minimum atomic E-state index is -0.607. The fourth-order valence-electron chi connectivity index (χ4n) is 2.32. The molecule has 0 aromatic heterocycles. The predicted molar refractivity (Wildman–Crippen MR) is 81.1 cm³/mol. The number of ether oxygens (including phenoxy) is 1. The summed E-state index contributed by atoms with van der Waals surface area (Å²) in [5, 5.41) is 9.19. The number of halogens is 1. The Kier molecular flexibility index (Phi) is 4.90. The molecule has 1 fully saturated rings. The second kappa shape index (κ2) is 6.52. The summed E-state index contributed by atoms with van der Waals surface area (Å²) >= 11 is 0. The highest BCUT2D eigenvalue weighted by Gasteiger charge is 2.25. The Bertz CT molecular complexity index is 535. The van der Waals surface area contributed by atoms with Crippen molar-refractivity contribution in [3.63, 3.8) is 0 Å². The highest BCUT2D eigenvalue weighted by molar-refractivity contribution is 5.68. The molecule has 5 nitrogen and oxygen atoms in total. The molecule has 0 saturated carbocycles. The van der Waals surface area contributed by atoms with Crippen molar-refractivity contribution in [2.45, 2.75) is 32.9 Å². The summed E-state index contributed by atoms with van der Waals surface area (Å²) in [7, 11) is 0. The van der Waals surface area contributed by atoms with E-state index < -0.39 is 11.4 Å². The maximum Gasteiger partial charge on any atom is 0.410 e. The lowest BCUT2D eigenvalue weighted by Gasteiger charge is -2.35. The number of benzene rings is 1. The van der Waals surface area contributed by atoms with Crippen molar-refractivity contribution in [3.8, 4) is 5.75 Å². The number of phenolic OH excluding ortho intramolecular Hbond substituents is 1. The summed E-state index contributed by atoms with van der Waals surface area (Å²) < 4.78 is 18.7. The van der Waals surface area contributed by atoms with E-state index in [1.807, 2.05) is 20.8 Å². The largest absolute Gasteiger partial charge is 0.505 e. The second-order valence-electron chi connectivity index (χ2n) is 6.53. The van der Waals surface area contributed by atoms with E-state index in [0.717, 1.165) is 5.56 Å². The van der Waals surface area contributed by atoms with Crippen LogP contribution in [-0.2, 0) is 11.3 Å². The van der Waals surface area contributed by atoms with E-state index in [1.54, 1.807) is 11.0 Å². The lowest BCUT2D eigenvalue weighted by atomic mass is 10.2. The van der Waals surface area contributed by atoms with Gasteiger partial charge in [-0.3, -0.25) is 4.90 Å². The van der Waals surface area contributed by atoms with Gasteiger partial charge in [-0.25, -0.2) is 9.18 Å². The van der Waals surface area contributed by atoms with Gasteiger partial charge in [0.15, 0.2) is 11.6 Å². The number of carbonyl (C=O) groups excluding carboxylic acids is 1. The third-order valence-electron chi connectivity index (χ3n) is 3.44. The van der Waals surface area contributed by atoms with Crippen LogP contribution in [0.15, 0.2) is 18.2 Å². The van der Waals surface area contributed by atoms with Crippen LogP contribution in [0.5, 0.6) is 5.75 Å². The van der Waals surface area contributed by atoms with Gasteiger partial charge in [0.2, 0.25) is 0 Å². The van der Waals surface area contributed by atoms with Crippen LogP contribution in [0.1, 0.15) is 26.3 Å². The molecule has 1 N–H and O–H groups in total. The number of hydrogen-bond donors (Lipinski definition) is 1. The van der Waals surface area contributed by atoms with E-state index in [9.17, 15) is 14.3 Å². The number of hydrogen-bond acceptors (Lipinski definition) is 4. The van der Waals surface area contributed by atoms with Crippen LogP contribution in [-0.4, -0.2) is 52.8 Å². The maximum atomic E-state index is 13.3. The Morgan fingerprint density at radius 3 is 2.45 bits per heavy atom. The molecular formula is C16H23FN2O3. The van der Waals surface area contributed by atoms with Gasteiger partial charge in [-0.2, -0.15) is 0 Å². The predicted octanol–water partition coefficient (Wildman–Crippen LogP) is 2.58. The Morgan fingerprint density at radius 2 is 1.91 bits per heavy atom. The molecule has 1 aromatic rings. The molecule has 0 atom stereocenters. The fraction of sp³-hybridized carbons (Fsp3) is 0.562.